The van der Waals surface area contributed by atoms with E-state index in [1.54, 1.807) is 17.0 Å². The van der Waals surface area contributed by atoms with E-state index in [1.807, 2.05) is 19.1 Å². The Morgan fingerprint density at radius 1 is 0.979 bits per heavy atom. The van der Waals surface area contributed by atoms with Crippen molar-refractivity contribution in [2.45, 2.75) is 49.5 Å². The lowest BCUT2D eigenvalue weighted by Gasteiger charge is -2.37. The Balaban J connectivity index is 1.33. The third-order valence-corrected chi connectivity index (χ3v) is 10.1. The Morgan fingerprint density at radius 2 is 1.66 bits per heavy atom. The molecule has 1 saturated heterocycles. The number of halogens is 6. The average Bonchev–Trinajstić information content (AvgIpc) is 3.43. The molecule has 1 aliphatic rings. The highest BCUT2D eigenvalue weighted by Gasteiger charge is 2.35. The first-order valence-corrected chi connectivity index (χ1v) is 16.4. The van der Waals surface area contributed by atoms with Crippen molar-refractivity contribution in [2.75, 3.05) is 31.1 Å². The number of aryl methyl sites for hydroxylation is 1. The molecule has 1 aliphatic heterocycles. The number of hydrogen-bond donors (Lipinski definition) is 1. The second kappa shape index (κ2) is 14.2. The second-order valence-electron chi connectivity index (χ2n) is 11.1. The molecule has 3 aromatic carbocycles. The number of rotatable bonds is 10. The third kappa shape index (κ3) is 8.59. The molecule has 0 spiro atoms. The van der Waals surface area contributed by atoms with Crippen molar-refractivity contribution in [3.05, 3.63) is 94.0 Å². The first-order valence-electron chi connectivity index (χ1n) is 14.6. The topological polar surface area (TPSA) is 65.9 Å². The Bertz CT molecular complexity index is 1700. The number of benzene rings is 3. The zero-order valence-electron chi connectivity index (χ0n) is 25.4. The van der Waals surface area contributed by atoms with Gasteiger partial charge in [0, 0.05) is 59.5 Å². The molecule has 2 heterocycles. The van der Waals surface area contributed by atoms with Gasteiger partial charge in [-0.3, -0.25) is 4.90 Å². The third-order valence-electron chi connectivity index (χ3n) is 7.70. The fraction of sp³-hybridized carbons (Fsp3) is 0.333. The van der Waals surface area contributed by atoms with Crippen LogP contribution in [0.15, 0.2) is 71.6 Å². The van der Waals surface area contributed by atoms with Crippen LogP contribution in [0.3, 0.4) is 0 Å². The van der Waals surface area contributed by atoms with Gasteiger partial charge >= 0.3 is 18.3 Å². The molecule has 14 heteroatoms. The van der Waals surface area contributed by atoms with E-state index in [9.17, 15) is 31.1 Å². The standard InChI is InChI=1S/C33H31F6N3O3S2/c1-20-17-24(11-12-28(20)45-21(2)31(43)44)46-19-29-26(40-30(47-29)22-7-9-23(10-8-22)32(34,35)36)18-41-13-15-42(16-14-41)27-6-4-3-5-25(27)33(37,38)39/h3-12,17,21H,13-16,18-19H2,1-2H3,(H,43,44). The molecule has 1 aromatic heterocycles. The first kappa shape index (κ1) is 34.6. The molecule has 5 rings (SSSR count). The maximum atomic E-state index is 13.6. The molecule has 0 saturated carbocycles. The van der Waals surface area contributed by atoms with Crippen LogP contribution in [-0.4, -0.2) is 53.2 Å². The van der Waals surface area contributed by atoms with Gasteiger partial charge in [-0.2, -0.15) is 26.3 Å². The zero-order chi connectivity index (χ0) is 33.9. The van der Waals surface area contributed by atoms with Gasteiger partial charge in [-0.05, 0) is 61.9 Å². The van der Waals surface area contributed by atoms with E-state index in [0.29, 0.717) is 54.8 Å². The van der Waals surface area contributed by atoms with Crippen LogP contribution in [0, 0.1) is 6.92 Å². The van der Waals surface area contributed by atoms with Crippen LogP contribution in [0.2, 0.25) is 0 Å². The maximum absolute atomic E-state index is 13.6. The van der Waals surface area contributed by atoms with Crippen molar-refractivity contribution in [2.24, 2.45) is 0 Å². The van der Waals surface area contributed by atoms with Gasteiger partial charge in [0.15, 0.2) is 6.10 Å². The summed E-state index contributed by atoms with van der Waals surface area (Å²) in [6.07, 6.45) is -9.92. The first-order chi connectivity index (χ1) is 22.2. The SMILES string of the molecule is Cc1cc(SCc2sc(-c3ccc(C(F)(F)F)cc3)nc2CN2CCN(c3ccccc3C(F)(F)F)CC2)ccc1OC(C)C(=O)O. The summed E-state index contributed by atoms with van der Waals surface area (Å²) in [5.41, 5.74) is 0.814. The molecule has 1 unspecified atom stereocenters. The average molecular weight is 696 g/mol. The molecule has 0 radical (unpaired) electrons. The molecule has 1 fully saturated rings. The fourth-order valence-corrected chi connectivity index (χ4v) is 7.30. The van der Waals surface area contributed by atoms with Crippen LogP contribution in [0.25, 0.3) is 10.6 Å². The van der Waals surface area contributed by atoms with Crippen molar-refractivity contribution in [3.63, 3.8) is 0 Å². The van der Waals surface area contributed by atoms with E-state index in [4.69, 9.17) is 14.8 Å². The number of nitrogens with zero attached hydrogens (tertiary/aromatic N) is 3. The predicted octanol–water partition coefficient (Wildman–Crippen LogP) is 8.62. The van der Waals surface area contributed by atoms with Gasteiger partial charge in [0.1, 0.15) is 10.8 Å². The predicted molar refractivity (Wildman–Crippen MR) is 170 cm³/mol. The van der Waals surface area contributed by atoms with Gasteiger partial charge in [0.25, 0.3) is 0 Å². The Labute approximate surface area is 276 Å². The molecule has 1 atom stereocenters. The monoisotopic (exact) mass is 695 g/mol. The lowest BCUT2D eigenvalue weighted by Crippen LogP contribution is -2.46. The highest BCUT2D eigenvalue weighted by atomic mass is 32.2. The van der Waals surface area contributed by atoms with Crippen LogP contribution in [-0.2, 0) is 29.4 Å². The van der Waals surface area contributed by atoms with E-state index in [-0.39, 0.29) is 5.69 Å². The number of carboxylic acid groups (broad SMARTS) is 1. The quantitative estimate of drug-likeness (QED) is 0.132. The van der Waals surface area contributed by atoms with Gasteiger partial charge < -0.3 is 14.7 Å². The van der Waals surface area contributed by atoms with Crippen molar-refractivity contribution in [1.82, 2.24) is 9.88 Å². The van der Waals surface area contributed by atoms with Gasteiger partial charge in [-0.25, -0.2) is 9.78 Å². The van der Waals surface area contributed by atoms with Crippen LogP contribution in [0.1, 0.15) is 34.2 Å². The number of carbonyl (C=O) groups is 1. The lowest BCUT2D eigenvalue weighted by molar-refractivity contribution is -0.144. The summed E-state index contributed by atoms with van der Waals surface area (Å²) in [6, 6.07) is 15.8. The summed E-state index contributed by atoms with van der Waals surface area (Å²) in [6.45, 7) is 5.48. The van der Waals surface area contributed by atoms with Gasteiger partial charge in [0.2, 0.25) is 0 Å². The van der Waals surface area contributed by atoms with Crippen LogP contribution >= 0.6 is 23.1 Å². The number of alkyl halides is 6. The number of aliphatic carboxylic acids is 1. The van der Waals surface area contributed by atoms with Gasteiger partial charge in [0.05, 0.1) is 16.8 Å². The highest BCUT2D eigenvalue weighted by molar-refractivity contribution is 7.98. The molecule has 47 heavy (non-hydrogen) atoms. The molecule has 0 bridgehead atoms. The second-order valence-corrected chi connectivity index (χ2v) is 13.2. The summed E-state index contributed by atoms with van der Waals surface area (Å²) in [7, 11) is 0. The van der Waals surface area contributed by atoms with Crippen LogP contribution < -0.4 is 9.64 Å². The number of para-hydroxylation sites is 1. The zero-order valence-corrected chi connectivity index (χ0v) is 27.0. The lowest BCUT2D eigenvalue weighted by atomic mass is 10.1. The van der Waals surface area contributed by atoms with Crippen molar-refractivity contribution >= 4 is 34.8 Å². The highest BCUT2D eigenvalue weighted by Crippen LogP contribution is 2.38. The van der Waals surface area contributed by atoms with Crippen LogP contribution in [0.4, 0.5) is 32.0 Å². The summed E-state index contributed by atoms with van der Waals surface area (Å²) in [5.74, 6) is -0.0983. The minimum atomic E-state index is -4.46. The number of thioether (sulfide) groups is 1. The Morgan fingerprint density at radius 3 is 2.28 bits per heavy atom. The van der Waals surface area contributed by atoms with E-state index in [1.165, 1.54) is 54.3 Å². The van der Waals surface area contributed by atoms with E-state index < -0.39 is 35.6 Å². The van der Waals surface area contributed by atoms with E-state index in [0.717, 1.165) is 39.2 Å². The smallest absolute Gasteiger partial charge is 0.418 e. The van der Waals surface area contributed by atoms with E-state index in [2.05, 4.69) is 4.90 Å². The summed E-state index contributed by atoms with van der Waals surface area (Å²) in [5, 5.41) is 9.72. The number of carboxylic acids is 1. The normalized spacial score (nSPS) is 15.1. The van der Waals surface area contributed by atoms with Crippen LogP contribution in [0.5, 0.6) is 5.75 Å². The minimum Gasteiger partial charge on any atom is -0.479 e. The molecule has 6 nitrogen and oxygen atoms in total. The molecular weight excluding hydrogens is 665 g/mol. The Hall–Kier alpha value is -3.75. The van der Waals surface area contributed by atoms with Gasteiger partial charge in [-0.1, -0.05) is 24.3 Å². The molecule has 4 aromatic rings. The molecule has 0 aliphatic carbocycles. The van der Waals surface area contributed by atoms with Crippen molar-refractivity contribution in [1.29, 1.82) is 0 Å². The number of hydrogen-bond acceptors (Lipinski definition) is 7. The van der Waals surface area contributed by atoms with Gasteiger partial charge in [-0.15, -0.1) is 23.1 Å². The minimum absolute atomic E-state index is 0.152. The summed E-state index contributed by atoms with van der Waals surface area (Å²) < 4.78 is 85.9. The molecule has 1 N–H and O–H groups in total. The fourth-order valence-electron chi connectivity index (χ4n) is 5.13. The molecule has 0 amide bonds. The number of thiazole rings is 1. The number of piperazine rings is 1. The molecule has 250 valence electrons. The van der Waals surface area contributed by atoms with Crippen molar-refractivity contribution in [3.8, 4) is 16.3 Å². The van der Waals surface area contributed by atoms with Crippen molar-refractivity contribution < 1.29 is 41.0 Å². The van der Waals surface area contributed by atoms with E-state index >= 15 is 0 Å². The Kier molecular flexibility index (Phi) is 10.4. The largest absolute Gasteiger partial charge is 0.479 e. The number of ether oxygens (including phenoxy) is 1. The summed E-state index contributed by atoms with van der Waals surface area (Å²) in [4.78, 5) is 21.7. The maximum Gasteiger partial charge on any atom is 0.418 e. The number of aromatic nitrogens is 1. The molecular formula is C33H31F6N3O3S2. The number of anilines is 1. The summed E-state index contributed by atoms with van der Waals surface area (Å²) >= 11 is 2.92.